The van der Waals surface area contributed by atoms with Gasteiger partial charge in [0.15, 0.2) is 5.16 Å². The molecule has 30 heavy (non-hydrogen) atoms. The molecule has 1 aromatic carbocycles. The number of unbranched alkanes of at least 4 members (excludes halogenated alkanes) is 1. The van der Waals surface area contributed by atoms with Crippen molar-refractivity contribution in [3.63, 3.8) is 0 Å². The molecular weight excluding hydrogens is 398 g/mol. The van der Waals surface area contributed by atoms with Gasteiger partial charge in [-0.05, 0) is 36.8 Å². The van der Waals surface area contributed by atoms with Gasteiger partial charge in [0.05, 0.1) is 16.7 Å². The average molecular weight is 428 g/mol. The Morgan fingerprint density at radius 2 is 1.90 bits per heavy atom. The van der Waals surface area contributed by atoms with Gasteiger partial charge in [-0.15, -0.1) is 10.2 Å². The molecule has 4 rings (SSSR count). The summed E-state index contributed by atoms with van der Waals surface area (Å²) in [4.78, 5) is 27.8. The summed E-state index contributed by atoms with van der Waals surface area (Å²) < 4.78 is 3.63. The van der Waals surface area contributed by atoms with E-state index in [0.29, 0.717) is 40.5 Å². The lowest BCUT2D eigenvalue weighted by atomic mass is 9.92. The van der Waals surface area contributed by atoms with Gasteiger partial charge in [-0.3, -0.25) is 18.6 Å². The number of benzene rings is 1. The van der Waals surface area contributed by atoms with E-state index in [4.69, 9.17) is 0 Å². The third-order valence-electron chi connectivity index (χ3n) is 5.76. The van der Waals surface area contributed by atoms with Crippen LogP contribution in [-0.2, 0) is 11.3 Å². The maximum absolute atomic E-state index is 13.0. The summed E-state index contributed by atoms with van der Waals surface area (Å²) >= 11 is 1.40. The van der Waals surface area contributed by atoms with Crippen LogP contribution >= 0.6 is 11.8 Å². The van der Waals surface area contributed by atoms with E-state index in [2.05, 4.69) is 31.0 Å². The van der Waals surface area contributed by atoms with E-state index in [1.54, 1.807) is 4.57 Å². The van der Waals surface area contributed by atoms with Gasteiger partial charge in [0.25, 0.3) is 5.56 Å². The second-order valence-electron chi connectivity index (χ2n) is 8.48. The van der Waals surface area contributed by atoms with Gasteiger partial charge >= 0.3 is 0 Å². The molecule has 0 radical (unpaired) electrons. The molecule has 0 aliphatic carbocycles. The Kier molecular flexibility index (Phi) is 6.13. The third-order valence-corrected chi connectivity index (χ3v) is 6.67. The summed E-state index contributed by atoms with van der Waals surface area (Å²) in [6.07, 6.45) is 3.06. The summed E-state index contributed by atoms with van der Waals surface area (Å²) in [6.45, 7) is 8.76. The second-order valence-corrected chi connectivity index (χ2v) is 9.42. The van der Waals surface area contributed by atoms with Crippen LogP contribution in [0.2, 0.25) is 0 Å². The predicted molar refractivity (Wildman–Crippen MR) is 120 cm³/mol. The molecule has 0 spiro atoms. The van der Waals surface area contributed by atoms with Gasteiger partial charge in [0, 0.05) is 19.6 Å². The Morgan fingerprint density at radius 3 is 2.63 bits per heavy atom. The molecule has 2 aromatic heterocycles. The first-order valence-corrected chi connectivity index (χ1v) is 11.7. The lowest BCUT2D eigenvalue weighted by Gasteiger charge is -2.34. The molecule has 160 valence electrons. The first-order chi connectivity index (χ1) is 14.5. The molecule has 0 saturated carbocycles. The molecular formula is C22H29N5O2S. The number of carbonyl (C=O) groups excluding carboxylic acids is 1. The molecule has 3 heterocycles. The smallest absolute Gasteiger partial charge is 0.262 e. The number of aryl methyl sites for hydroxylation is 1. The van der Waals surface area contributed by atoms with Crippen molar-refractivity contribution in [2.24, 2.45) is 11.8 Å². The number of likely N-dealkylation sites (tertiary alicyclic amines) is 1. The average Bonchev–Trinajstić information content (AvgIpc) is 3.15. The largest absolute Gasteiger partial charge is 0.341 e. The highest BCUT2D eigenvalue weighted by atomic mass is 32.2. The number of carbonyl (C=O) groups is 1. The molecule has 2 unspecified atom stereocenters. The van der Waals surface area contributed by atoms with E-state index in [9.17, 15) is 9.59 Å². The number of thioether (sulfide) groups is 1. The van der Waals surface area contributed by atoms with E-state index in [-0.39, 0.29) is 11.5 Å². The quantitative estimate of drug-likeness (QED) is 0.564. The number of rotatable bonds is 6. The zero-order chi connectivity index (χ0) is 21.3. The zero-order valence-corrected chi connectivity index (χ0v) is 18.7. The van der Waals surface area contributed by atoms with Crippen LogP contribution in [0.3, 0.4) is 0 Å². The Hall–Kier alpha value is -2.35. The van der Waals surface area contributed by atoms with E-state index in [1.807, 2.05) is 33.6 Å². The fourth-order valence-corrected chi connectivity index (χ4v) is 5.27. The van der Waals surface area contributed by atoms with E-state index in [0.717, 1.165) is 31.4 Å². The van der Waals surface area contributed by atoms with Gasteiger partial charge in [-0.2, -0.15) is 0 Å². The lowest BCUT2D eigenvalue weighted by Crippen LogP contribution is -2.43. The van der Waals surface area contributed by atoms with Crippen molar-refractivity contribution in [3.8, 4) is 0 Å². The number of para-hydroxylation sites is 1. The normalized spacial score (nSPS) is 19.6. The maximum Gasteiger partial charge on any atom is 0.262 e. The first kappa shape index (κ1) is 20.9. The van der Waals surface area contributed by atoms with Crippen molar-refractivity contribution >= 4 is 34.3 Å². The molecule has 1 aliphatic heterocycles. The van der Waals surface area contributed by atoms with Crippen molar-refractivity contribution in [1.82, 2.24) is 24.1 Å². The number of amides is 1. The van der Waals surface area contributed by atoms with E-state index < -0.39 is 0 Å². The van der Waals surface area contributed by atoms with Crippen LogP contribution < -0.4 is 5.56 Å². The number of fused-ring (bicyclic) bond motifs is 3. The standard InChI is InChI=1S/C22H29N5O2S/c1-4-5-10-26-20(29)17-8-6-7-9-18(17)27-21(26)23-24-22(27)30-14-19(28)25-12-15(2)11-16(3)13-25/h6-9,15-16H,4-5,10-14H2,1-3H3. The molecule has 8 heteroatoms. The molecule has 1 saturated heterocycles. The summed E-state index contributed by atoms with van der Waals surface area (Å²) in [5, 5.41) is 9.97. The number of piperidine rings is 1. The minimum Gasteiger partial charge on any atom is -0.341 e. The topological polar surface area (TPSA) is 72.5 Å². The minimum atomic E-state index is -0.0390. The Bertz CT molecular complexity index is 1110. The molecule has 1 aliphatic rings. The summed E-state index contributed by atoms with van der Waals surface area (Å²) in [6, 6.07) is 7.54. The molecule has 2 atom stereocenters. The van der Waals surface area contributed by atoms with Crippen molar-refractivity contribution < 1.29 is 4.79 Å². The Balaban J connectivity index is 1.66. The molecule has 3 aromatic rings. The fraction of sp³-hybridized carbons (Fsp3) is 0.545. The highest BCUT2D eigenvalue weighted by Crippen LogP contribution is 2.25. The van der Waals surface area contributed by atoms with Crippen LogP contribution in [-0.4, -0.2) is 48.8 Å². The van der Waals surface area contributed by atoms with Crippen LogP contribution in [0, 0.1) is 11.8 Å². The fourth-order valence-electron chi connectivity index (χ4n) is 4.43. The van der Waals surface area contributed by atoms with Crippen molar-refractivity contribution in [1.29, 1.82) is 0 Å². The van der Waals surface area contributed by atoms with Gasteiger partial charge in [-0.25, -0.2) is 0 Å². The van der Waals surface area contributed by atoms with E-state index in [1.165, 1.54) is 18.2 Å². The molecule has 0 bridgehead atoms. The highest BCUT2D eigenvalue weighted by molar-refractivity contribution is 7.99. The number of aromatic nitrogens is 4. The molecule has 0 N–H and O–H groups in total. The first-order valence-electron chi connectivity index (χ1n) is 10.8. The Labute approximate surface area is 180 Å². The maximum atomic E-state index is 13.0. The second kappa shape index (κ2) is 8.79. The monoisotopic (exact) mass is 427 g/mol. The van der Waals surface area contributed by atoms with Crippen molar-refractivity contribution in [2.75, 3.05) is 18.8 Å². The van der Waals surface area contributed by atoms with Gasteiger partial charge in [-0.1, -0.05) is 51.1 Å². The number of nitrogens with zero attached hydrogens (tertiary/aromatic N) is 5. The van der Waals surface area contributed by atoms with Gasteiger partial charge in [0.1, 0.15) is 0 Å². The molecule has 1 amide bonds. The highest BCUT2D eigenvalue weighted by Gasteiger charge is 2.26. The van der Waals surface area contributed by atoms with Crippen LogP contribution in [0.5, 0.6) is 0 Å². The Morgan fingerprint density at radius 1 is 1.17 bits per heavy atom. The summed E-state index contributed by atoms with van der Waals surface area (Å²) in [7, 11) is 0. The number of hydrogen-bond acceptors (Lipinski definition) is 5. The van der Waals surface area contributed by atoms with Crippen molar-refractivity contribution in [2.45, 2.75) is 51.7 Å². The lowest BCUT2D eigenvalue weighted by molar-refractivity contribution is -0.130. The van der Waals surface area contributed by atoms with Crippen LogP contribution in [0.1, 0.15) is 40.0 Å². The summed E-state index contributed by atoms with van der Waals surface area (Å²) in [5.74, 6) is 2.08. The van der Waals surface area contributed by atoms with Crippen LogP contribution in [0.4, 0.5) is 0 Å². The van der Waals surface area contributed by atoms with Crippen molar-refractivity contribution in [3.05, 3.63) is 34.6 Å². The van der Waals surface area contributed by atoms with Crippen LogP contribution in [0.15, 0.2) is 34.2 Å². The van der Waals surface area contributed by atoms with E-state index >= 15 is 0 Å². The summed E-state index contributed by atoms with van der Waals surface area (Å²) in [5.41, 5.74) is 0.744. The zero-order valence-electron chi connectivity index (χ0n) is 17.9. The molecule has 7 nitrogen and oxygen atoms in total. The molecule has 1 fully saturated rings. The SMILES string of the molecule is CCCCn1c(=O)c2ccccc2n2c(SCC(=O)N3CC(C)CC(C)C3)nnc12. The predicted octanol–water partition coefficient (Wildman–Crippen LogP) is 3.44. The van der Waals surface area contributed by atoms with Crippen LogP contribution in [0.25, 0.3) is 16.7 Å². The third kappa shape index (κ3) is 3.97. The van der Waals surface area contributed by atoms with Gasteiger partial charge in [0.2, 0.25) is 11.7 Å². The van der Waals surface area contributed by atoms with Gasteiger partial charge < -0.3 is 4.90 Å². The number of hydrogen-bond donors (Lipinski definition) is 0. The minimum absolute atomic E-state index is 0.0390.